The predicted octanol–water partition coefficient (Wildman–Crippen LogP) is 3.62. The quantitative estimate of drug-likeness (QED) is 0.781. The van der Waals surface area contributed by atoms with Crippen LogP contribution >= 0.6 is 0 Å². The number of nitriles is 2. The zero-order valence-electron chi connectivity index (χ0n) is 9.88. The van der Waals surface area contributed by atoms with E-state index < -0.39 is 5.41 Å². The van der Waals surface area contributed by atoms with Gasteiger partial charge in [-0.15, -0.1) is 0 Å². The van der Waals surface area contributed by atoms with E-state index >= 15 is 0 Å². The number of hydrogen-bond donors (Lipinski definition) is 0. The molecule has 0 saturated heterocycles. The van der Waals surface area contributed by atoms with Gasteiger partial charge in [-0.2, -0.15) is 10.5 Å². The van der Waals surface area contributed by atoms with E-state index in [4.69, 9.17) is 10.5 Å². The Morgan fingerprint density at radius 2 is 1.78 bits per heavy atom. The van der Waals surface area contributed by atoms with E-state index in [2.05, 4.69) is 0 Å². The third-order valence-electron chi connectivity index (χ3n) is 2.89. The molecule has 2 heteroatoms. The molecule has 0 aromatic heterocycles. The average molecular weight is 232 g/mol. The van der Waals surface area contributed by atoms with Crippen LogP contribution in [0.25, 0.3) is 6.08 Å². The number of nitrogens with zero attached hydrogens (tertiary/aromatic N) is 2. The van der Waals surface area contributed by atoms with Gasteiger partial charge in [0.15, 0.2) is 5.41 Å². The van der Waals surface area contributed by atoms with Crippen LogP contribution in [0, 0.1) is 28.1 Å². The van der Waals surface area contributed by atoms with Crippen LogP contribution < -0.4 is 0 Å². The fraction of sp³-hybridized carbons (Fsp3) is 0.125. The molecule has 0 heterocycles. The average Bonchev–Trinajstić information content (AvgIpc) is 2.47. The van der Waals surface area contributed by atoms with Crippen LogP contribution in [-0.2, 0) is 0 Å². The van der Waals surface area contributed by atoms with E-state index in [1.165, 1.54) is 0 Å². The summed E-state index contributed by atoms with van der Waals surface area (Å²) in [6.07, 6.45) is 9.89. The summed E-state index contributed by atoms with van der Waals surface area (Å²) in [5, 5.41) is 17.9. The molecule has 86 valence electrons. The second kappa shape index (κ2) is 5.17. The van der Waals surface area contributed by atoms with Crippen LogP contribution in [0.15, 0.2) is 60.2 Å². The minimum Gasteiger partial charge on any atom is -0.196 e. The molecule has 0 radical (unpaired) electrons. The first-order valence-corrected chi connectivity index (χ1v) is 5.73. The molecule has 0 aliphatic heterocycles. The second-order valence-corrected chi connectivity index (χ2v) is 4.18. The highest BCUT2D eigenvalue weighted by molar-refractivity contribution is 5.55. The Bertz CT molecular complexity index is 578. The molecule has 0 unspecified atom stereocenters. The van der Waals surface area contributed by atoms with E-state index in [1.807, 2.05) is 66.8 Å². The lowest BCUT2D eigenvalue weighted by molar-refractivity contribution is 0.665. The molecule has 0 fully saturated rings. The molecule has 1 aromatic carbocycles. The third kappa shape index (κ3) is 2.56. The Balaban J connectivity index is 2.10. The van der Waals surface area contributed by atoms with Crippen LogP contribution in [0.4, 0.5) is 0 Å². The zero-order valence-corrected chi connectivity index (χ0v) is 9.88. The van der Waals surface area contributed by atoms with Crippen LogP contribution in [0.2, 0.25) is 0 Å². The van der Waals surface area contributed by atoms with Crippen molar-refractivity contribution in [3.05, 3.63) is 65.8 Å². The minimum absolute atomic E-state index is 0.449. The lowest BCUT2D eigenvalue weighted by Gasteiger charge is -2.15. The van der Waals surface area contributed by atoms with Gasteiger partial charge in [0.2, 0.25) is 0 Å². The highest BCUT2D eigenvalue weighted by Crippen LogP contribution is 2.28. The Morgan fingerprint density at radius 3 is 2.33 bits per heavy atom. The second-order valence-electron chi connectivity index (χ2n) is 4.18. The highest BCUT2D eigenvalue weighted by Gasteiger charge is 2.27. The van der Waals surface area contributed by atoms with Crippen molar-refractivity contribution >= 4 is 6.08 Å². The molecule has 18 heavy (non-hydrogen) atoms. The first-order chi connectivity index (χ1) is 8.78. The number of hydrogen-bond acceptors (Lipinski definition) is 2. The van der Waals surface area contributed by atoms with Gasteiger partial charge in [0.05, 0.1) is 12.1 Å². The Labute approximate surface area is 107 Å². The van der Waals surface area contributed by atoms with Crippen LogP contribution in [-0.4, -0.2) is 0 Å². The molecule has 1 aliphatic rings. The molecule has 0 N–H and O–H groups in total. The number of rotatable bonds is 2. The Hall–Kier alpha value is -2.58. The monoisotopic (exact) mass is 232 g/mol. The van der Waals surface area contributed by atoms with Crippen LogP contribution in [0.3, 0.4) is 0 Å². The SMILES string of the molecule is N#CC1(C#N)C=CC(C=Cc2ccccc2)=CC1. The van der Waals surface area contributed by atoms with Gasteiger partial charge in [-0.05, 0) is 17.2 Å². The van der Waals surface area contributed by atoms with Crippen molar-refractivity contribution in [1.29, 1.82) is 10.5 Å². The summed E-state index contributed by atoms with van der Waals surface area (Å²) in [7, 11) is 0. The van der Waals surface area contributed by atoms with E-state index in [-0.39, 0.29) is 0 Å². The molecular formula is C16H12N2. The first-order valence-electron chi connectivity index (χ1n) is 5.73. The fourth-order valence-electron chi connectivity index (χ4n) is 1.72. The summed E-state index contributed by atoms with van der Waals surface area (Å²) in [5.74, 6) is 0. The maximum absolute atomic E-state index is 8.96. The van der Waals surface area contributed by atoms with Crippen molar-refractivity contribution < 1.29 is 0 Å². The lowest BCUT2D eigenvalue weighted by atomic mass is 9.83. The van der Waals surface area contributed by atoms with Gasteiger partial charge in [-0.3, -0.25) is 0 Å². The van der Waals surface area contributed by atoms with Gasteiger partial charge in [-0.1, -0.05) is 54.6 Å². The molecule has 1 aliphatic carbocycles. The van der Waals surface area contributed by atoms with Crippen LogP contribution in [0.1, 0.15) is 12.0 Å². The van der Waals surface area contributed by atoms with Crippen molar-refractivity contribution in [2.75, 3.05) is 0 Å². The van der Waals surface area contributed by atoms with Crippen molar-refractivity contribution in [3.8, 4) is 12.1 Å². The topological polar surface area (TPSA) is 47.6 Å². The molecule has 0 atom stereocenters. The first kappa shape index (κ1) is 11.9. The number of allylic oxidation sites excluding steroid dienone is 5. The maximum atomic E-state index is 8.96. The summed E-state index contributed by atoms with van der Waals surface area (Å²) in [6, 6.07) is 14.1. The van der Waals surface area contributed by atoms with Gasteiger partial charge in [0, 0.05) is 6.42 Å². The Kier molecular flexibility index (Phi) is 3.41. The van der Waals surface area contributed by atoms with Gasteiger partial charge in [-0.25, -0.2) is 0 Å². The predicted molar refractivity (Wildman–Crippen MR) is 71.0 cm³/mol. The summed E-state index contributed by atoms with van der Waals surface area (Å²) in [5.41, 5.74) is 1.17. The van der Waals surface area contributed by atoms with Gasteiger partial charge >= 0.3 is 0 Å². The molecule has 1 aromatic rings. The largest absolute Gasteiger partial charge is 0.196 e. The maximum Gasteiger partial charge on any atom is 0.165 e. The fourth-order valence-corrected chi connectivity index (χ4v) is 1.72. The van der Waals surface area contributed by atoms with E-state index in [0.29, 0.717) is 6.42 Å². The molecule has 0 bridgehead atoms. The van der Waals surface area contributed by atoms with Crippen molar-refractivity contribution in [3.63, 3.8) is 0 Å². The normalized spacial score (nSPS) is 16.9. The summed E-state index contributed by atoms with van der Waals surface area (Å²) < 4.78 is 0. The van der Waals surface area contributed by atoms with Crippen molar-refractivity contribution in [1.82, 2.24) is 0 Å². The molecule has 2 rings (SSSR count). The van der Waals surface area contributed by atoms with Gasteiger partial charge < -0.3 is 0 Å². The lowest BCUT2D eigenvalue weighted by Crippen LogP contribution is -2.13. The van der Waals surface area contributed by atoms with Crippen LogP contribution in [0.5, 0.6) is 0 Å². The minimum atomic E-state index is -0.982. The van der Waals surface area contributed by atoms with Crippen molar-refractivity contribution in [2.24, 2.45) is 5.41 Å². The van der Waals surface area contributed by atoms with Gasteiger partial charge in [0.25, 0.3) is 0 Å². The van der Waals surface area contributed by atoms with Crippen molar-refractivity contribution in [2.45, 2.75) is 6.42 Å². The third-order valence-corrected chi connectivity index (χ3v) is 2.89. The molecular weight excluding hydrogens is 220 g/mol. The number of benzene rings is 1. The van der Waals surface area contributed by atoms with Gasteiger partial charge in [0.1, 0.15) is 0 Å². The van der Waals surface area contributed by atoms with E-state index in [1.54, 1.807) is 6.08 Å². The summed E-state index contributed by atoms with van der Waals surface area (Å²) in [4.78, 5) is 0. The standard InChI is InChI=1S/C16H12N2/c17-12-16(13-18)10-8-15(9-11-16)7-6-14-4-2-1-3-5-14/h1-10H,11H2. The molecule has 0 spiro atoms. The van der Waals surface area contributed by atoms with E-state index in [0.717, 1.165) is 11.1 Å². The summed E-state index contributed by atoms with van der Waals surface area (Å²) in [6.45, 7) is 0. The highest BCUT2D eigenvalue weighted by atomic mass is 14.4. The smallest absolute Gasteiger partial charge is 0.165 e. The Morgan fingerprint density at radius 1 is 1.06 bits per heavy atom. The molecule has 2 nitrogen and oxygen atoms in total. The zero-order chi connectivity index (χ0) is 12.8. The van der Waals surface area contributed by atoms with E-state index in [9.17, 15) is 0 Å². The summed E-state index contributed by atoms with van der Waals surface area (Å²) >= 11 is 0. The molecule has 0 amide bonds. The molecule has 0 saturated carbocycles.